The Hall–Kier alpha value is -3.75. The first-order chi connectivity index (χ1) is 12.0. The van der Waals surface area contributed by atoms with E-state index in [0.717, 1.165) is 6.07 Å². The van der Waals surface area contributed by atoms with Gasteiger partial charge in [0.15, 0.2) is 0 Å². The van der Waals surface area contributed by atoms with Gasteiger partial charge in [0.05, 0.1) is 23.1 Å². The molecule has 1 N–H and O–H groups in total. The Bertz CT molecular complexity index is 975. The second-order valence-electron chi connectivity index (χ2n) is 4.87. The summed E-state index contributed by atoms with van der Waals surface area (Å²) in [5, 5.41) is 20.5. The summed E-state index contributed by atoms with van der Waals surface area (Å²) in [6, 6.07) is 10.9. The quantitative estimate of drug-likeness (QED) is 0.554. The van der Waals surface area contributed by atoms with Crippen LogP contribution in [-0.4, -0.2) is 33.1 Å². The topological polar surface area (TPSA) is 125 Å². The fourth-order valence-electron chi connectivity index (χ4n) is 2.18. The molecule has 0 amide bonds. The SMILES string of the molecule is COc1nc2cc([N+](=O)[O-])c(Oc3ccccc3)cc2nc1C(=O)O. The number of carboxylic acids is 1. The van der Waals surface area contributed by atoms with Gasteiger partial charge >= 0.3 is 11.7 Å². The maximum absolute atomic E-state index is 11.3. The van der Waals surface area contributed by atoms with E-state index in [-0.39, 0.29) is 28.4 Å². The third-order valence-electron chi connectivity index (χ3n) is 3.28. The molecule has 1 heterocycles. The molecule has 3 aromatic rings. The summed E-state index contributed by atoms with van der Waals surface area (Å²) >= 11 is 0. The van der Waals surface area contributed by atoms with Crippen molar-refractivity contribution in [2.24, 2.45) is 0 Å². The van der Waals surface area contributed by atoms with Gasteiger partial charge in [0.25, 0.3) is 0 Å². The summed E-state index contributed by atoms with van der Waals surface area (Å²) in [5.41, 5.74) is -0.464. The van der Waals surface area contributed by atoms with E-state index >= 15 is 0 Å². The van der Waals surface area contributed by atoms with Crippen LogP contribution in [0.2, 0.25) is 0 Å². The highest BCUT2D eigenvalue weighted by molar-refractivity contribution is 5.91. The molecule has 0 radical (unpaired) electrons. The monoisotopic (exact) mass is 341 g/mol. The largest absolute Gasteiger partial charge is 0.479 e. The molecule has 0 aliphatic carbocycles. The van der Waals surface area contributed by atoms with Crippen molar-refractivity contribution in [1.82, 2.24) is 9.97 Å². The summed E-state index contributed by atoms with van der Waals surface area (Å²) in [6.45, 7) is 0. The highest BCUT2D eigenvalue weighted by Gasteiger charge is 2.22. The van der Waals surface area contributed by atoms with Gasteiger partial charge < -0.3 is 14.6 Å². The van der Waals surface area contributed by atoms with E-state index < -0.39 is 16.6 Å². The predicted octanol–water partition coefficient (Wildman–Crippen LogP) is 3.04. The maximum atomic E-state index is 11.3. The minimum Gasteiger partial charge on any atom is -0.479 e. The molecular formula is C16H11N3O6. The van der Waals surface area contributed by atoms with Crippen molar-refractivity contribution in [3.05, 3.63) is 58.3 Å². The van der Waals surface area contributed by atoms with Crippen LogP contribution in [0.5, 0.6) is 17.4 Å². The van der Waals surface area contributed by atoms with Crippen LogP contribution in [-0.2, 0) is 0 Å². The van der Waals surface area contributed by atoms with E-state index in [1.165, 1.54) is 13.2 Å². The highest BCUT2D eigenvalue weighted by atomic mass is 16.6. The van der Waals surface area contributed by atoms with E-state index in [4.69, 9.17) is 9.47 Å². The number of aromatic carboxylic acids is 1. The first-order valence-corrected chi connectivity index (χ1v) is 7.00. The lowest BCUT2D eigenvalue weighted by atomic mass is 10.2. The lowest BCUT2D eigenvalue weighted by Gasteiger charge is -2.09. The number of nitrogens with zero attached hydrogens (tertiary/aromatic N) is 3. The molecule has 0 atom stereocenters. The van der Waals surface area contributed by atoms with Gasteiger partial charge in [-0.3, -0.25) is 10.1 Å². The van der Waals surface area contributed by atoms with Crippen LogP contribution in [0.4, 0.5) is 5.69 Å². The van der Waals surface area contributed by atoms with Gasteiger partial charge in [-0.05, 0) is 12.1 Å². The van der Waals surface area contributed by atoms with Crippen LogP contribution < -0.4 is 9.47 Å². The maximum Gasteiger partial charge on any atom is 0.360 e. The molecule has 2 aromatic carbocycles. The van der Waals surface area contributed by atoms with Gasteiger partial charge in [0.1, 0.15) is 5.75 Å². The highest BCUT2D eigenvalue weighted by Crippen LogP contribution is 2.35. The number of fused-ring (bicyclic) bond motifs is 1. The number of para-hydroxylation sites is 1. The lowest BCUT2D eigenvalue weighted by Crippen LogP contribution is -2.06. The van der Waals surface area contributed by atoms with E-state index in [1.54, 1.807) is 30.3 Å². The van der Waals surface area contributed by atoms with Crippen LogP contribution in [0.1, 0.15) is 10.5 Å². The molecule has 0 unspecified atom stereocenters. The van der Waals surface area contributed by atoms with Crippen LogP contribution in [0.3, 0.4) is 0 Å². The third-order valence-corrected chi connectivity index (χ3v) is 3.28. The van der Waals surface area contributed by atoms with Gasteiger partial charge in [0, 0.05) is 12.1 Å². The zero-order chi connectivity index (χ0) is 18.0. The van der Waals surface area contributed by atoms with Crippen molar-refractivity contribution in [3.63, 3.8) is 0 Å². The number of nitro benzene ring substituents is 1. The number of benzene rings is 2. The summed E-state index contributed by atoms with van der Waals surface area (Å²) in [6.07, 6.45) is 0. The van der Waals surface area contributed by atoms with Gasteiger partial charge in [0.2, 0.25) is 17.3 Å². The number of aromatic nitrogens is 2. The Morgan fingerprint density at radius 3 is 2.44 bits per heavy atom. The molecule has 0 bridgehead atoms. The molecule has 0 fully saturated rings. The molecule has 0 aliphatic heterocycles. The minimum absolute atomic E-state index is 0.0699. The molecule has 0 saturated heterocycles. The normalized spacial score (nSPS) is 10.4. The summed E-state index contributed by atoms with van der Waals surface area (Å²) in [7, 11) is 1.24. The standard InChI is InChI=1S/C16H11N3O6/c1-24-15-14(16(20)21)17-11-8-13(25-9-5-3-2-4-6-9)12(19(22)23)7-10(11)18-15/h2-8H,1H3,(H,20,21). The minimum atomic E-state index is -1.32. The number of carbonyl (C=O) groups is 1. The molecule has 126 valence electrons. The zero-order valence-corrected chi connectivity index (χ0v) is 12.9. The number of carboxylic acid groups (broad SMARTS) is 1. The average molecular weight is 341 g/mol. The average Bonchev–Trinajstić information content (AvgIpc) is 2.60. The fraction of sp³-hybridized carbons (Fsp3) is 0.0625. The molecule has 9 nitrogen and oxygen atoms in total. The third kappa shape index (κ3) is 3.15. The Labute approximate surface area is 140 Å². The summed E-state index contributed by atoms with van der Waals surface area (Å²) in [5.74, 6) is -1.23. The second-order valence-corrected chi connectivity index (χ2v) is 4.87. The molecule has 9 heteroatoms. The Morgan fingerprint density at radius 2 is 1.84 bits per heavy atom. The number of rotatable bonds is 5. The van der Waals surface area contributed by atoms with Crippen LogP contribution in [0, 0.1) is 10.1 Å². The van der Waals surface area contributed by atoms with E-state index in [1.807, 2.05) is 0 Å². The molecular weight excluding hydrogens is 330 g/mol. The molecule has 0 saturated carbocycles. The predicted molar refractivity (Wildman–Crippen MR) is 86.2 cm³/mol. The first kappa shape index (κ1) is 16.1. The molecule has 3 rings (SSSR count). The van der Waals surface area contributed by atoms with E-state index in [0.29, 0.717) is 5.75 Å². The van der Waals surface area contributed by atoms with Crippen LogP contribution in [0.15, 0.2) is 42.5 Å². The second kappa shape index (κ2) is 6.40. The van der Waals surface area contributed by atoms with Crippen molar-refractivity contribution in [2.45, 2.75) is 0 Å². The van der Waals surface area contributed by atoms with Crippen LogP contribution >= 0.6 is 0 Å². The summed E-state index contributed by atoms with van der Waals surface area (Å²) in [4.78, 5) is 29.9. The number of nitro groups is 1. The lowest BCUT2D eigenvalue weighted by molar-refractivity contribution is -0.385. The number of methoxy groups -OCH3 is 1. The molecule has 25 heavy (non-hydrogen) atoms. The van der Waals surface area contributed by atoms with Gasteiger partial charge in [-0.1, -0.05) is 18.2 Å². The van der Waals surface area contributed by atoms with Gasteiger partial charge in [-0.2, -0.15) is 0 Å². The van der Waals surface area contributed by atoms with Crippen molar-refractivity contribution < 1.29 is 24.3 Å². The fourth-order valence-corrected chi connectivity index (χ4v) is 2.18. The van der Waals surface area contributed by atoms with Crippen molar-refractivity contribution >= 4 is 22.7 Å². The van der Waals surface area contributed by atoms with E-state index in [2.05, 4.69) is 9.97 Å². The number of ether oxygens (including phenoxy) is 2. The Morgan fingerprint density at radius 1 is 1.16 bits per heavy atom. The molecule has 0 spiro atoms. The molecule has 0 aliphatic rings. The van der Waals surface area contributed by atoms with Crippen molar-refractivity contribution in [2.75, 3.05) is 7.11 Å². The van der Waals surface area contributed by atoms with Gasteiger partial charge in [-0.15, -0.1) is 0 Å². The number of hydrogen-bond donors (Lipinski definition) is 1. The Kier molecular flexibility index (Phi) is 4.12. The van der Waals surface area contributed by atoms with Crippen LogP contribution in [0.25, 0.3) is 11.0 Å². The van der Waals surface area contributed by atoms with E-state index in [9.17, 15) is 20.0 Å². The zero-order valence-electron chi connectivity index (χ0n) is 12.9. The summed E-state index contributed by atoms with van der Waals surface area (Å²) < 4.78 is 10.4. The Balaban J connectivity index is 2.19. The molecule has 1 aromatic heterocycles. The first-order valence-electron chi connectivity index (χ1n) is 7.00. The van der Waals surface area contributed by atoms with Crippen molar-refractivity contribution in [3.8, 4) is 17.4 Å². The van der Waals surface area contributed by atoms with Crippen molar-refractivity contribution in [1.29, 1.82) is 0 Å². The van der Waals surface area contributed by atoms with Gasteiger partial charge in [-0.25, -0.2) is 14.8 Å². The smallest absolute Gasteiger partial charge is 0.360 e. The number of hydrogen-bond acceptors (Lipinski definition) is 7.